The highest BCUT2D eigenvalue weighted by Gasteiger charge is 2.35. The molecule has 2 aliphatic rings. The number of hydrogen-bond acceptors (Lipinski definition) is 3. The van der Waals surface area contributed by atoms with E-state index in [1.807, 2.05) is 0 Å². The van der Waals surface area contributed by atoms with Crippen LogP contribution in [0.2, 0.25) is 0 Å². The number of nitrogens with two attached hydrogens (primary N) is 1. The quantitative estimate of drug-likeness (QED) is 0.761. The molecule has 88 valence electrons. The van der Waals surface area contributed by atoms with Crippen LogP contribution in [0.5, 0.6) is 0 Å². The molecule has 2 N–H and O–H groups in total. The molecule has 2 heterocycles. The first kappa shape index (κ1) is 11.4. The lowest BCUT2D eigenvalue weighted by Crippen LogP contribution is -2.49. The lowest BCUT2D eigenvalue weighted by Gasteiger charge is -2.42. The zero-order valence-electron chi connectivity index (χ0n) is 9.87. The van der Waals surface area contributed by atoms with Gasteiger partial charge in [-0.05, 0) is 31.8 Å². The summed E-state index contributed by atoms with van der Waals surface area (Å²) in [5.74, 6) is 0.720. The van der Waals surface area contributed by atoms with Gasteiger partial charge in [-0.2, -0.15) is 0 Å². The van der Waals surface area contributed by atoms with E-state index in [4.69, 9.17) is 10.5 Å². The van der Waals surface area contributed by atoms with Crippen LogP contribution in [0.3, 0.4) is 0 Å². The van der Waals surface area contributed by atoms with Crippen LogP contribution in [-0.4, -0.2) is 44.3 Å². The molecule has 1 unspecified atom stereocenters. The number of rotatable bonds is 3. The zero-order valence-corrected chi connectivity index (χ0v) is 9.87. The number of ether oxygens (including phenoxy) is 1. The Labute approximate surface area is 93.0 Å². The van der Waals surface area contributed by atoms with Crippen LogP contribution in [0.15, 0.2) is 0 Å². The van der Waals surface area contributed by atoms with E-state index in [1.165, 1.54) is 38.9 Å². The molecule has 2 fully saturated rings. The average molecular weight is 212 g/mol. The van der Waals surface area contributed by atoms with Gasteiger partial charge in [0.15, 0.2) is 0 Å². The van der Waals surface area contributed by atoms with Crippen molar-refractivity contribution < 1.29 is 4.74 Å². The standard InChI is InChI=1S/C12H24N2O/c1-12(9-15-10-12)8-14-5-3-2-4-11(6-13)7-14/h11H,2-10,13H2,1H3. The molecule has 3 heteroatoms. The fourth-order valence-corrected chi connectivity index (χ4v) is 2.73. The topological polar surface area (TPSA) is 38.5 Å². The normalized spacial score (nSPS) is 32.0. The summed E-state index contributed by atoms with van der Waals surface area (Å²) >= 11 is 0. The minimum Gasteiger partial charge on any atom is -0.380 e. The van der Waals surface area contributed by atoms with E-state index in [0.29, 0.717) is 5.41 Å². The molecule has 1 atom stereocenters. The fourth-order valence-electron chi connectivity index (χ4n) is 2.73. The van der Waals surface area contributed by atoms with Gasteiger partial charge in [0, 0.05) is 18.5 Å². The molecule has 2 aliphatic heterocycles. The summed E-state index contributed by atoms with van der Waals surface area (Å²) in [7, 11) is 0. The van der Waals surface area contributed by atoms with E-state index in [-0.39, 0.29) is 0 Å². The van der Waals surface area contributed by atoms with E-state index < -0.39 is 0 Å². The Hall–Kier alpha value is -0.120. The van der Waals surface area contributed by atoms with Crippen molar-refractivity contribution in [3.8, 4) is 0 Å². The van der Waals surface area contributed by atoms with Gasteiger partial charge in [0.1, 0.15) is 0 Å². The third-order valence-corrected chi connectivity index (χ3v) is 3.69. The molecule has 0 aromatic rings. The Morgan fingerprint density at radius 2 is 2.20 bits per heavy atom. The third-order valence-electron chi connectivity index (χ3n) is 3.69. The van der Waals surface area contributed by atoms with Gasteiger partial charge >= 0.3 is 0 Å². The van der Waals surface area contributed by atoms with Crippen LogP contribution in [-0.2, 0) is 4.74 Å². The van der Waals surface area contributed by atoms with Gasteiger partial charge in [0.25, 0.3) is 0 Å². The Kier molecular flexibility index (Phi) is 3.65. The number of hydrogen-bond donors (Lipinski definition) is 1. The van der Waals surface area contributed by atoms with E-state index in [0.717, 1.165) is 25.7 Å². The SMILES string of the molecule is CC1(CN2CCCCC(CN)C2)COC1. The maximum absolute atomic E-state index is 5.79. The van der Waals surface area contributed by atoms with Crippen molar-refractivity contribution in [1.29, 1.82) is 0 Å². The van der Waals surface area contributed by atoms with Gasteiger partial charge in [-0.25, -0.2) is 0 Å². The fraction of sp³-hybridized carbons (Fsp3) is 1.00. The molecule has 0 saturated carbocycles. The van der Waals surface area contributed by atoms with E-state index in [2.05, 4.69) is 11.8 Å². The molecule has 0 aliphatic carbocycles. The molecular formula is C12H24N2O. The number of likely N-dealkylation sites (tertiary alicyclic amines) is 1. The summed E-state index contributed by atoms with van der Waals surface area (Å²) in [6, 6.07) is 0. The van der Waals surface area contributed by atoms with Gasteiger partial charge in [0.2, 0.25) is 0 Å². The summed E-state index contributed by atoms with van der Waals surface area (Å²) in [5, 5.41) is 0. The van der Waals surface area contributed by atoms with E-state index >= 15 is 0 Å². The lowest BCUT2D eigenvalue weighted by molar-refractivity contribution is -0.115. The summed E-state index contributed by atoms with van der Waals surface area (Å²) in [5.41, 5.74) is 6.21. The van der Waals surface area contributed by atoms with Crippen molar-refractivity contribution in [3.63, 3.8) is 0 Å². The van der Waals surface area contributed by atoms with Crippen LogP contribution in [0.1, 0.15) is 26.2 Å². The predicted octanol–water partition coefficient (Wildman–Crippen LogP) is 1.08. The molecule has 0 amide bonds. The highest BCUT2D eigenvalue weighted by molar-refractivity contribution is 4.85. The van der Waals surface area contributed by atoms with Gasteiger partial charge < -0.3 is 15.4 Å². The minimum absolute atomic E-state index is 0.420. The molecule has 0 spiro atoms. The smallest absolute Gasteiger partial charge is 0.0554 e. The van der Waals surface area contributed by atoms with Crippen molar-refractivity contribution in [2.24, 2.45) is 17.1 Å². The Morgan fingerprint density at radius 1 is 1.40 bits per heavy atom. The maximum atomic E-state index is 5.79. The summed E-state index contributed by atoms with van der Waals surface area (Å²) in [4.78, 5) is 2.60. The van der Waals surface area contributed by atoms with Gasteiger partial charge in [0.05, 0.1) is 13.2 Å². The van der Waals surface area contributed by atoms with Crippen molar-refractivity contribution >= 4 is 0 Å². The summed E-state index contributed by atoms with van der Waals surface area (Å²) in [6.07, 6.45) is 4.01. The van der Waals surface area contributed by atoms with Gasteiger partial charge in [-0.1, -0.05) is 13.3 Å². The second kappa shape index (κ2) is 4.81. The average Bonchev–Trinajstić information content (AvgIpc) is 2.40. The number of nitrogens with zero attached hydrogens (tertiary/aromatic N) is 1. The third kappa shape index (κ3) is 2.92. The Bertz CT molecular complexity index is 204. The van der Waals surface area contributed by atoms with Crippen LogP contribution >= 0.6 is 0 Å². The van der Waals surface area contributed by atoms with Crippen molar-refractivity contribution in [3.05, 3.63) is 0 Å². The van der Waals surface area contributed by atoms with Crippen LogP contribution < -0.4 is 5.73 Å². The maximum Gasteiger partial charge on any atom is 0.0554 e. The molecular weight excluding hydrogens is 188 g/mol. The minimum atomic E-state index is 0.420. The lowest BCUT2D eigenvalue weighted by atomic mass is 9.88. The zero-order chi connectivity index (χ0) is 10.7. The summed E-state index contributed by atoms with van der Waals surface area (Å²) in [6.45, 7) is 8.72. The molecule has 3 nitrogen and oxygen atoms in total. The first-order chi connectivity index (χ1) is 7.22. The molecule has 2 rings (SSSR count). The molecule has 0 aromatic carbocycles. The summed E-state index contributed by atoms with van der Waals surface area (Å²) < 4.78 is 5.31. The highest BCUT2D eigenvalue weighted by Crippen LogP contribution is 2.29. The van der Waals surface area contributed by atoms with Gasteiger partial charge in [-0.15, -0.1) is 0 Å². The van der Waals surface area contributed by atoms with Crippen molar-refractivity contribution in [2.45, 2.75) is 26.2 Å². The largest absolute Gasteiger partial charge is 0.380 e. The molecule has 0 aromatic heterocycles. The van der Waals surface area contributed by atoms with Crippen LogP contribution in [0, 0.1) is 11.3 Å². The van der Waals surface area contributed by atoms with Crippen LogP contribution in [0.25, 0.3) is 0 Å². The van der Waals surface area contributed by atoms with Crippen LogP contribution in [0.4, 0.5) is 0 Å². The first-order valence-corrected chi connectivity index (χ1v) is 6.22. The van der Waals surface area contributed by atoms with Crippen molar-refractivity contribution in [2.75, 3.05) is 39.4 Å². The Balaban J connectivity index is 1.84. The highest BCUT2D eigenvalue weighted by atomic mass is 16.5. The second-order valence-electron chi connectivity index (χ2n) is 5.64. The molecule has 2 saturated heterocycles. The Morgan fingerprint density at radius 3 is 2.80 bits per heavy atom. The van der Waals surface area contributed by atoms with Gasteiger partial charge in [-0.3, -0.25) is 0 Å². The van der Waals surface area contributed by atoms with Crippen molar-refractivity contribution in [1.82, 2.24) is 4.90 Å². The first-order valence-electron chi connectivity index (χ1n) is 6.22. The van der Waals surface area contributed by atoms with E-state index in [1.54, 1.807) is 0 Å². The monoisotopic (exact) mass is 212 g/mol. The van der Waals surface area contributed by atoms with E-state index in [9.17, 15) is 0 Å². The molecule has 0 bridgehead atoms. The molecule has 0 radical (unpaired) electrons. The predicted molar refractivity (Wildman–Crippen MR) is 61.8 cm³/mol. The second-order valence-corrected chi connectivity index (χ2v) is 5.64. The molecule has 15 heavy (non-hydrogen) atoms.